The number of carbonyl (C=O) groups excluding carboxylic acids is 1. The number of hydrogen-bond acceptors (Lipinski definition) is 4. The highest BCUT2D eigenvalue weighted by molar-refractivity contribution is 6.33. The van der Waals surface area contributed by atoms with Crippen LogP contribution in [0.15, 0.2) is 35.1 Å². The van der Waals surface area contributed by atoms with E-state index in [4.69, 9.17) is 21.1 Å². The number of carboxylic acids is 1. The summed E-state index contributed by atoms with van der Waals surface area (Å²) >= 11 is 6.13. The number of likely N-dealkylation sites (tertiary alicyclic amines) is 1. The molecule has 0 bridgehead atoms. The summed E-state index contributed by atoms with van der Waals surface area (Å²) in [6.45, 7) is 0.577. The van der Waals surface area contributed by atoms with Crippen LogP contribution >= 0.6 is 11.6 Å². The van der Waals surface area contributed by atoms with E-state index in [1.807, 2.05) is 0 Å². The molecule has 1 aliphatic rings. The molecule has 0 unspecified atom stereocenters. The van der Waals surface area contributed by atoms with Gasteiger partial charge < -0.3 is 14.4 Å². The molecule has 0 radical (unpaired) electrons. The fourth-order valence-corrected chi connectivity index (χ4v) is 2.75. The molecule has 7 heteroatoms. The summed E-state index contributed by atoms with van der Waals surface area (Å²) in [5.41, 5.74) is 0.734. The normalized spacial score (nSPS) is 17.7. The number of benzene rings is 1. The highest BCUT2D eigenvalue weighted by Crippen LogP contribution is 2.31. The summed E-state index contributed by atoms with van der Waals surface area (Å²) < 4.78 is 5.33. The summed E-state index contributed by atoms with van der Waals surface area (Å²) in [6.07, 6.45) is 1.64. The van der Waals surface area contributed by atoms with Gasteiger partial charge in [-0.15, -0.1) is 0 Å². The molecule has 1 aliphatic heterocycles. The van der Waals surface area contributed by atoms with Crippen molar-refractivity contribution < 1.29 is 19.1 Å². The number of carboxylic acid groups (broad SMARTS) is 1. The molecular weight excluding hydrogens is 308 g/mol. The second-order valence-corrected chi connectivity index (χ2v) is 5.49. The number of carbonyl (C=O) groups is 2. The van der Waals surface area contributed by atoms with Crippen molar-refractivity contribution in [2.24, 2.45) is 5.92 Å². The van der Waals surface area contributed by atoms with E-state index in [9.17, 15) is 9.59 Å². The molecule has 1 N–H and O–H groups in total. The van der Waals surface area contributed by atoms with E-state index in [1.54, 1.807) is 24.3 Å². The minimum absolute atomic E-state index is 0.152. The van der Waals surface area contributed by atoms with Crippen LogP contribution < -0.4 is 0 Å². The van der Waals surface area contributed by atoms with Crippen LogP contribution in [-0.4, -0.2) is 40.0 Å². The molecule has 1 fully saturated rings. The van der Waals surface area contributed by atoms with E-state index in [0.717, 1.165) is 0 Å². The minimum atomic E-state index is -0.887. The molecule has 1 amide bonds. The van der Waals surface area contributed by atoms with E-state index in [2.05, 4.69) is 4.98 Å². The summed E-state index contributed by atoms with van der Waals surface area (Å²) in [5, 5.41) is 9.48. The highest BCUT2D eigenvalue weighted by atomic mass is 35.5. The Morgan fingerprint density at radius 3 is 2.82 bits per heavy atom. The van der Waals surface area contributed by atoms with Gasteiger partial charge in [0.15, 0.2) is 17.8 Å². The Hall–Kier alpha value is -2.34. The minimum Gasteiger partial charge on any atom is -0.481 e. The summed E-state index contributed by atoms with van der Waals surface area (Å²) in [5.74, 6) is -1.46. The first-order chi connectivity index (χ1) is 10.6. The Morgan fingerprint density at radius 2 is 2.14 bits per heavy atom. The topological polar surface area (TPSA) is 83.6 Å². The van der Waals surface area contributed by atoms with Crippen molar-refractivity contribution in [3.8, 4) is 11.3 Å². The van der Waals surface area contributed by atoms with Crippen LogP contribution in [0.5, 0.6) is 0 Å². The molecule has 1 aromatic carbocycles. The molecule has 22 heavy (non-hydrogen) atoms. The van der Waals surface area contributed by atoms with Crippen molar-refractivity contribution in [2.45, 2.75) is 6.42 Å². The van der Waals surface area contributed by atoms with Gasteiger partial charge in [-0.2, -0.15) is 0 Å². The third-order valence-corrected chi connectivity index (χ3v) is 4.04. The molecule has 1 aromatic heterocycles. The predicted molar refractivity (Wildman–Crippen MR) is 78.6 cm³/mol. The van der Waals surface area contributed by atoms with Gasteiger partial charge in [-0.05, 0) is 18.6 Å². The Kier molecular flexibility index (Phi) is 3.85. The van der Waals surface area contributed by atoms with Crippen LogP contribution in [0.25, 0.3) is 11.3 Å². The quantitative estimate of drug-likeness (QED) is 0.939. The molecule has 1 saturated heterocycles. The lowest BCUT2D eigenvalue weighted by molar-refractivity contribution is -0.141. The van der Waals surface area contributed by atoms with Crippen LogP contribution in [-0.2, 0) is 4.79 Å². The largest absolute Gasteiger partial charge is 0.481 e. The molecule has 0 aliphatic carbocycles. The van der Waals surface area contributed by atoms with Gasteiger partial charge in [-0.3, -0.25) is 9.59 Å². The lowest BCUT2D eigenvalue weighted by Gasteiger charge is -2.14. The van der Waals surface area contributed by atoms with Crippen LogP contribution in [0.1, 0.15) is 16.9 Å². The maximum Gasteiger partial charge on any atom is 0.308 e. The Morgan fingerprint density at radius 1 is 1.36 bits per heavy atom. The van der Waals surface area contributed by atoms with Gasteiger partial charge >= 0.3 is 5.97 Å². The first kappa shape index (κ1) is 14.6. The van der Waals surface area contributed by atoms with Crippen molar-refractivity contribution in [1.29, 1.82) is 0 Å². The van der Waals surface area contributed by atoms with Crippen molar-refractivity contribution >= 4 is 23.5 Å². The Bertz CT molecular complexity index is 728. The van der Waals surface area contributed by atoms with Gasteiger partial charge in [0.25, 0.3) is 5.91 Å². The van der Waals surface area contributed by atoms with E-state index in [-0.39, 0.29) is 18.1 Å². The van der Waals surface area contributed by atoms with E-state index in [1.165, 1.54) is 11.3 Å². The third-order valence-electron chi connectivity index (χ3n) is 3.71. The van der Waals surface area contributed by atoms with Gasteiger partial charge in [0.1, 0.15) is 0 Å². The van der Waals surface area contributed by atoms with Gasteiger partial charge in [0.2, 0.25) is 0 Å². The van der Waals surface area contributed by atoms with Crippen molar-refractivity contribution in [3.63, 3.8) is 0 Å². The second kappa shape index (κ2) is 5.81. The number of aliphatic carboxylic acids is 1. The molecule has 1 atom stereocenters. The van der Waals surface area contributed by atoms with E-state index in [0.29, 0.717) is 29.3 Å². The SMILES string of the molecule is O=C(O)[C@H]1CCN(C(=O)c2ncoc2-c2ccccc2Cl)C1. The Balaban J connectivity index is 1.88. The van der Waals surface area contributed by atoms with Gasteiger partial charge in [-0.1, -0.05) is 23.7 Å². The molecule has 2 heterocycles. The molecule has 3 rings (SSSR count). The average Bonchev–Trinajstić information content (AvgIpc) is 3.16. The smallest absolute Gasteiger partial charge is 0.308 e. The maximum atomic E-state index is 12.5. The van der Waals surface area contributed by atoms with Crippen LogP contribution in [0.3, 0.4) is 0 Å². The number of oxazole rings is 1. The lowest BCUT2D eigenvalue weighted by Crippen LogP contribution is -2.30. The fraction of sp³-hybridized carbons (Fsp3) is 0.267. The molecule has 6 nitrogen and oxygen atoms in total. The van der Waals surface area contributed by atoms with Gasteiger partial charge in [-0.25, -0.2) is 4.98 Å². The number of rotatable bonds is 3. The third kappa shape index (κ3) is 2.57. The number of halogens is 1. The molecular formula is C15H13ClN2O4. The molecule has 114 valence electrons. The van der Waals surface area contributed by atoms with E-state index >= 15 is 0 Å². The average molecular weight is 321 g/mol. The van der Waals surface area contributed by atoms with E-state index < -0.39 is 11.9 Å². The first-order valence-corrected chi connectivity index (χ1v) is 7.16. The number of aromatic nitrogens is 1. The standard InChI is InChI=1S/C15H13ClN2O4/c16-11-4-2-1-3-10(11)13-12(17-8-22-13)14(19)18-6-5-9(7-18)15(20)21/h1-4,8-9H,5-7H2,(H,20,21)/t9-/m0/s1. The van der Waals surface area contributed by atoms with Crippen molar-refractivity contribution in [2.75, 3.05) is 13.1 Å². The fourth-order valence-electron chi connectivity index (χ4n) is 2.53. The van der Waals surface area contributed by atoms with Crippen LogP contribution in [0.4, 0.5) is 0 Å². The highest BCUT2D eigenvalue weighted by Gasteiger charge is 2.33. The summed E-state index contributed by atoms with van der Waals surface area (Å²) in [7, 11) is 0. The monoisotopic (exact) mass is 320 g/mol. The zero-order valence-corrected chi connectivity index (χ0v) is 12.3. The van der Waals surface area contributed by atoms with Gasteiger partial charge in [0, 0.05) is 18.7 Å². The second-order valence-electron chi connectivity index (χ2n) is 5.08. The van der Waals surface area contributed by atoms with Gasteiger partial charge in [0.05, 0.1) is 10.9 Å². The Labute approximate surface area is 131 Å². The summed E-state index contributed by atoms with van der Waals surface area (Å²) in [4.78, 5) is 29.0. The first-order valence-electron chi connectivity index (χ1n) is 6.78. The number of hydrogen-bond donors (Lipinski definition) is 1. The number of amides is 1. The maximum absolute atomic E-state index is 12.5. The molecule has 2 aromatic rings. The number of nitrogens with zero attached hydrogens (tertiary/aromatic N) is 2. The zero-order chi connectivity index (χ0) is 15.7. The van der Waals surface area contributed by atoms with Crippen LogP contribution in [0, 0.1) is 5.92 Å². The zero-order valence-electron chi connectivity index (χ0n) is 11.5. The van der Waals surface area contributed by atoms with Crippen molar-refractivity contribution in [1.82, 2.24) is 9.88 Å². The summed E-state index contributed by atoms with van der Waals surface area (Å²) in [6, 6.07) is 7.00. The lowest BCUT2D eigenvalue weighted by atomic mass is 10.1. The predicted octanol–water partition coefficient (Wildman–Crippen LogP) is 2.54. The molecule has 0 spiro atoms. The molecule has 0 saturated carbocycles. The van der Waals surface area contributed by atoms with Crippen LogP contribution in [0.2, 0.25) is 5.02 Å². The van der Waals surface area contributed by atoms with Crippen molar-refractivity contribution in [3.05, 3.63) is 41.4 Å².